The molecule has 10 nitrogen and oxygen atoms in total. The highest BCUT2D eigenvalue weighted by Crippen LogP contribution is 2.38. The molecule has 10 heteroatoms. The summed E-state index contributed by atoms with van der Waals surface area (Å²) in [6.45, 7) is 16.7. The number of likely N-dealkylation sites (N-methyl/N-ethyl adjacent to an activating group) is 2. The van der Waals surface area contributed by atoms with Crippen LogP contribution >= 0.6 is 0 Å². The summed E-state index contributed by atoms with van der Waals surface area (Å²) in [4.78, 5) is 18.5. The smallest absolute Gasteiger partial charge is 0.227 e. The largest absolute Gasteiger partial charge is 0.492 e. The number of aryl methyl sites for hydroxylation is 1. The molecule has 0 amide bonds. The average Bonchev–Trinajstić information content (AvgIpc) is 3.24. The molecular weight excluding hydrogens is 528 g/mol. The van der Waals surface area contributed by atoms with Gasteiger partial charge in [0.15, 0.2) is 0 Å². The Balaban J connectivity index is 1.73. The van der Waals surface area contributed by atoms with Crippen molar-refractivity contribution in [2.24, 2.45) is 0 Å². The Morgan fingerprint density at radius 3 is 2.40 bits per heavy atom. The molecule has 3 N–H and O–H groups in total. The van der Waals surface area contributed by atoms with Crippen molar-refractivity contribution in [1.82, 2.24) is 24.4 Å². The van der Waals surface area contributed by atoms with E-state index >= 15 is 0 Å². The number of fused-ring (bicyclic) bond motifs is 1. The molecule has 2 heterocycles. The van der Waals surface area contributed by atoms with E-state index in [1.165, 1.54) is 0 Å². The zero-order valence-electron chi connectivity index (χ0n) is 26.7. The highest BCUT2D eigenvalue weighted by molar-refractivity contribution is 5.88. The fourth-order valence-corrected chi connectivity index (χ4v) is 4.95. The maximum absolute atomic E-state index is 6.51. The van der Waals surface area contributed by atoms with Gasteiger partial charge in [0.1, 0.15) is 28.4 Å². The molecule has 0 aliphatic rings. The zero-order chi connectivity index (χ0) is 30.8. The number of nitrogens with one attached hydrogen (secondary N) is 1. The van der Waals surface area contributed by atoms with E-state index in [1.54, 1.807) is 6.20 Å². The van der Waals surface area contributed by atoms with Crippen molar-refractivity contribution < 1.29 is 9.47 Å². The second-order valence-electron chi connectivity index (χ2n) is 12.1. The third-order valence-corrected chi connectivity index (χ3v) is 6.79. The lowest BCUT2D eigenvalue weighted by Gasteiger charge is -2.24. The molecular formula is C32H46N8O2. The first-order chi connectivity index (χ1) is 19.8. The predicted octanol–water partition coefficient (Wildman–Crippen LogP) is 6.28. The third kappa shape index (κ3) is 7.05. The highest BCUT2D eigenvalue weighted by Gasteiger charge is 2.21. The number of hydrogen-bond donors (Lipinski definition) is 2. The van der Waals surface area contributed by atoms with Gasteiger partial charge in [0.25, 0.3) is 0 Å². The molecule has 226 valence electrons. The van der Waals surface area contributed by atoms with Gasteiger partial charge in [-0.2, -0.15) is 0 Å². The van der Waals surface area contributed by atoms with Gasteiger partial charge < -0.3 is 34.9 Å². The van der Waals surface area contributed by atoms with Gasteiger partial charge in [-0.1, -0.05) is 0 Å². The molecule has 0 spiro atoms. The molecule has 0 atom stereocenters. The van der Waals surface area contributed by atoms with Crippen LogP contribution in [0.5, 0.6) is 11.5 Å². The summed E-state index contributed by atoms with van der Waals surface area (Å²) < 4.78 is 14.6. The van der Waals surface area contributed by atoms with Crippen LogP contribution in [0.25, 0.3) is 22.3 Å². The molecule has 0 saturated heterocycles. The Bertz CT molecular complexity index is 1540. The highest BCUT2D eigenvalue weighted by atomic mass is 16.5. The number of hydrogen-bond acceptors (Lipinski definition) is 9. The van der Waals surface area contributed by atoms with E-state index in [0.29, 0.717) is 29.7 Å². The van der Waals surface area contributed by atoms with Crippen molar-refractivity contribution in [2.75, 3.05) is 56.8 Å². The second kappa shape index (κ2) is 12.4. The van der Waals surface area contributed by atoms with Gasteiger partial charge in [-0.3, -0.25) is 0 Å². The van der Waals surface area contributed by atoms with Crippen LogP contribution in [0.1, 0.15) is 53.4 Å². The minimum absolute atomic E-state index is 0.239. The summed E-state index contributed by atoms with van der Waals surface area (Å²) in [6, 6.07) is 10.1. The molecule has 0 aliphatic heterocycles. The lowest BCUT2D eigenvalue weighted by atomic mass is 10.1. The zero-order valence-corrected chi connectivity index (χ0v) is 26.7. The lowest BCUT2D eigenvalue weighted by molar-refractivity contribution is 0.133. The van der Waals surface area contributed by atoms with Crippen LogP contribution in [0.4, 0.5) is 23.0 Å². The quantitative estimate of drug-likeness (QED) is 0.200. The normalized spacial score (nSPS) is 11.9. The molecule has 0 unspecified atom stereocenters. The van der Waals surface area contributed by atoms with Crippen molar-refractivity contribution in [2.45, 2.75) is 60.1 Å². The molecule has 4 rings (SSSR count). The molecule has 42 heavy (non-hydrogen) atoms. The summed E-state index contributed by atoms with van der Waals surface area (Å²) in [5.41, 5.74) is 11.9. The minimum atomic E-state index is -0.387. The summed E-state index contributed by atoms with van der Waals surface area (Å²) in [5, 5.41) is 3.35. The molecule has 0 saturated carbocycles. The van der Waals surface area contributed by atoms with Crippen molar-refractivity contribution in [3.8, 4) is 22.8 Å². The van der Waals surface area contributed by atoms with E-state index < -0.39 is 0 Å². The van der Waals surface area contributed by atoms with Crippen LogP contribution < -0.4 is 25.4 Å². The summed E-state index contributed by atoms with van der Waals surface area (Å²) >= 11 is 0. The van der Waals surface area contributed by atoms with Crippen LogP contribution in [0.3, 0.4) is 0 Å². The lowest BCUT2D eigenvalue weighted by Crippen LogP contribution is -2.29. The monoisotopic (exact) mass is 574 g/mol. The van der Waals surface area contributed by atoms with Crippen LogP contribution in [-0.4, -0.2) is 70.9 Å². The van der Waals surface area contributed by atoms with E-state index in [2.05, 4.69) is 58.7 Å². The minimum Gasteiger partial charge on any atom is -0.492 e. The van der Waals surface area contributed by atoms with E-state index in [-0.39, 0.29) is 11.6 Å². The Hall–Kier alpha value is -4.05. The summed E-state index contributed by atoms with van der Waals surface area (Å²) in [6.07, 6.45) is 1.75. The van der Waals surface area contributed by atoms with Gasteiger partial charge in [0, 0.05) is 44.0 Å². The Kier molecular flexibility index (Phi) is 9.15. The Labute approximate surface area is 249 Å². The van der Waals surface area contributed by atoms with Crippen LogP contribution in [0, 0.1) is 6.92 Å². The number of imidazole rings is 1. The number of nitrogens with two attached hydrogens (primary N) is 1. The molecule has 0 radical (unpaired) electrons. The van der Waals surface area contributed by atoms with E-state index in [1.807, 2.05) is 65.9 Å². The predicted molar refractivity (Wildman–Crippen MR) is 173 cm³/mol. The van der Waals surface area contributed by atoms with Crippen LogP contribution in [0.15, 0.2) is 36.5 Å². The maximum Gasteiger partial charge on any atom is 0.227 e. The molecule has 0 aliphatic carbocycles. The Morgan fingerprint density at radius 1 is 1.02 bits per heavy atom. The van der Waals surface area contributed by atoms with Gasteiger partial charge >= 0.3 is 0 Å². The van der Waals surface area contributed by atoms with Crippen LogP contribution in [0.2, 0.25) is 0 Å². The van der Waals surface area contributed by atoms with E-state index in [9.17, 15) is 0 Å². The molecule has 0 bridgehead atoms. The number of anilines is 4. The van der Waals surface area contributed by atoms with Gasteiger partial charge in [-0.05, 0) is 86.8 Å². The van der Waals surface area contributed by atoms with E-state index in [4.69, 9.17) is 25.2 Å². The molecule has 2 aromatic carbocycles. The SMILES string of the molecule is CCOc1cc(N(C)CCN(C)C)c(N)cc1Nc1nccc(-c2cc(OC(C)(C)C)c3nc(C)n(C(C)C)c3c2)n1. The topological polar surface area (TPSA) is 107 Å². The number of rotatable bonds is 11. The molecule has 2 aromatic heterocycles. The fraction of sp³-hybridized carbons (Fsp3) is 0.469. The van der Waals surface area contributed by atoms with Crippen molar-refractivity contribution in [3.05, 3.63) is 42.4 Å². The van der Waals surface area contributed by atoms with Gasteiger partial charge in [-0.25, -0.2) is 15.0 Å². The molecule has 4 aromatic rings. The first-order valence-electron chi connectivity index (χ1n) is 14.5. The summed E-state index contributed by atoms with van der Waals surface area (Å²) in [5.74, 6) is 2.79. The fourth-order valence-electron chi connectivity index (χ4n) is 4.95. The number of benzene rings is 2. The van der Waals surface area contributed by atoms with Crippen molar-refractivity contribution in [1.29, 1.82) is 0 Å². The van der Waals surface area contributed by atoms with Crippen molar-refractivity contribution >= 4 is 34.0 Å². The van der Waals surface area contributed by atoms with E-state index in [0.717, 1.165) is 52.6 Å². The Morgan fingerprint density at radius 2 is 1.76 bits per heavy atom. The number of ether oxygens (including phenoxy) is 2. The maximum atomic E-state index is 6.51. The third-order valence-electron chi connectivity index (χ3n) is 6.79. The standard InChI is InChI=1S/C32H46N8O2/c1-11-41-28-19-26(39(10)15-14-38(8)9)23(33)18-25(28)37-31-34-13-12-24(36-31)22-16-27-30(29(17-22)42-32(5,6)7)35-21(4)40(27)20(2)3/h12-13,16-20H,11,14-15,33H2,1-10H3,(H,34,36,37). The van der Waals surface area contributed by atoms with Gasteiger partial charge in [0.2, 0.25) is 5.95 Å². The number of aromatic nitrogens is 4. The van der Waals surface area contributed by atoms with Crippen LogP contribution in [-0.2, 0) is 0 Å². The first-order valence-corrected chi connectivity index (χ1v) is 14.5. The van der Waals surface area contributed by atoms with Crippen molar-refractivity contribution in [3.63, 3.8) is 0 Å². The first kappa shape index (κ1) is 30.9. The number of nitrogen functional groups attached to an aromatic ring is 1. The van der Waals surface area contributed by atoms with Gasteiger partial charge in [-0.15, -0.1) is 0 Å². The average molecular weight is 575 g/mol. The van der Waals surface area contributed by atoms with Gasteiger partial charge in [0.05, 0.1) is 34.9 Å². The molecule has 0 fully saturated rings. The second-order valence-corrected chi connectivity index (χ2v) is 12.1. The summed E-state index contributed by atoms with van der Waals surface area (Å²) in [7, 11) is 6.15. The number of nitrogens with zero attached hydrogens (tertiary/aromatic N) is 6.